The average Bonchev–Trinajstić information content (AvgIpc) is 3.38. The minimum atomic E-state index is -0.286. The highest BCUT2D eigenvalue weighted by atomic mass is 16.5. The average molecular weight is 482 g/mol. The summed E-state index contributed by atoms with van der Waals surface area (Å²) >= 11 is 0. The molecule has 182 valence electrons. The summed E-state index contributed by atoms with van der Waals surface area (Å²) in [6.45, 7) is 0.398. The Kier molecular flexibility index (Phi) is 7.98. The molecule has 36 heavy (non-hydrogen) atoms. The Bertz CT molecular complexity index is 1410. The van der Waals surface area contributed by atoms with Crippen LogP contribution < -0.4 is 14.2 Å². The van der Waals surface area contributed by atoms with Crippen LogP contribution >= 0.6 is 0 Å². The molecule has 4 rings (SSSR count). The maximum absolute atomic E-state index is 12.3. The van der Waals surface area contributed by atoms with Crippen molar-refractivity contribution in [2.24, 2.45) is 0 Å². The molecular weight excluding hydrogens is 454 g/mol. The molecule has 1 heterocycles. The van der Waals surface area contributed by atoms with E-state index in [2.05, 4.69) is 4.98 Å². The second kappa shape index (κ2) is 11.7. The topological polar surface area (TPSA) is 77.6 Å². The molecule has 4 aromatic rings. The number of aromatic nitrogens is 1. The SMILES string of the molecule is COc1ccc(COc2ccc(/C=C/C(=O)CC(=O)/C=C/c3ccc4cc[nH]c4c3)c(OC)c2)cc1. The summed E-state index contributed by atoms with van der Waals surface area (Å²) in [5.74, 6) is 1.45. The molecule has 0 unspecified atom stereocenters. The molecule has 6 nitrogen and oxygen atoms in total. The third-order valence-electron chi connectivity index (χ3n) is 5.61. The van der Waals surface area contributed by atoms with Gasteiger partial charge in [-0.05, 0) is 71.1 Å². The van der Waals surface area contributed by atoms with Gasteiger partial charge in [-0.15, -0.1) is 0 Å². The fourth-order valence-corrected chi connectivity index (χ4v) is 3.64. The van der Waals surface area contributed by atoms with E-state index in [-0.39, 0.29) is 18.0 Å². The van der Waals surface area contributed by atoms with Crippen LogP contribution in [0.4, 0.5) is 0 Å². The van der Waals surface area contributed by atoms with Crippen molar-refractivity contribution in [3.63, 3.8) is 0 Å². The molecule has 6 heteroatoms. The van der Waals surface area contributed by atoms with E-state index in [0.29, 0.717) is 23.7 Å². The normalized spacial score (nSPS) is 11.3. The van der Waals surface area contributed by atoms with Gasteiger partial charge in [-0.3, -0.25) is 9.59 Å². The van der Waals surface area contributed by atoms with E-state index in [1.807, 2.05) is 66.9 Å². The highest BCUT2D eigenvalue weighted by Gasteiger charge is 2.07. The van der Waals surface area contributed by atoms with E-state index in [9.17, 15) is 9.59 Å². The Morgan fingerprint density at radius 1 is 0.806 bits per heavy atom. The van der Waals surface area contributed by atoms with E-state index in [0.717, 1.165) is 27.8 Å². The number of aromatic amines is 1. The van der Waals surface area contributed by atoms with Crippen LogP contribution in [0.3, 0.4) is 0 Å². The van der Waals surface area contributed by atoms with Crippen molar-refractivity contribution in [2.75, 3.05) is 14.2 Å². The first-order valence-electron chi connectivity index (χ1n) is 11.5. The lowest BCUT2D eigenvalue weighted by Gasteiger charge is -2.10. The Balaban J connectivity index is 1.32. The number of ketones is 2. The van der Waals surface area contributed by atoms with Crippen LogP contribution in [-0.2, 0) is 16.2 Å². The van der Waals surface area contributed by atoms with Gasteiger partial charge in [-0.1, -0.05) is 30.3 Å². The Hall–Kier alpha value is -4.58. The number of benzene rings is 3. The van der Waals surface area contributed by atoms with Gasteiger partial charge in [0.05, 0.1) is 20.6 Å². The van der Waals surface area contributed by atoms with Crippen molar-refractivity contribution < 1.29 is 23.8 Å². The van der Waals surface area contributed by atoms with E-state index < -0.39 is 0 Å². The largest absolute Gasteiger partial charge is 0.497 e. The number of hydrogen-bond donors (Lipinski definition) is 1. The first-order chi connectivity index (χ1) is 17.5. The van der Waals surface area contributed by atoms with E-state index in [1.165, 1.54) is 12.2 Å². The molecule has 0 radical (unpaired) electrons. The number of methoxy groups -OCH3 is 2. The number of allylic oxidation sites excluding steroid dienone is 2. The molecule has 0 spiro atoms. The lowest BCUT2D eigenvalue weighted by atomic mass is 10.1. The predicted octanol–water partition coefficient (Wildman–Crippen LogP) is 6.02. The van der Waals surface area contributed by atoms with Gasteiger partial charge in [0.25, 0.3) is 0 Å². The van der Waals surface area contributed by atoms with Crippen LogP contribution in [0.1, 0.15) is 23.1 Å². The summed E-state index contributed by atoms with van der Waals surface area (Å²) in [6, 6.07) is 20.9. The van der Waals surface area contributed by atoms with Gasteiger partial charge < -0.3 is 19.2 Å². The third kappa shape index (κ3) is 6.51. The van der Waals surface area contributed by atoms with Crippen LogP contribution in [0.2, 0.25) is 0 Å². The molecule has 0 amide bonds. The molecular formula is C30H27NO5. The van der Waals surface area contributed by atoms with Crippen molar-refractivity contribution in [1.82, 2.24) is 4.98 Å². The van der Waals surface area contributed by atoms with Crippen LogP contribution in [0.25, 0.3) is 23.1 Å². The zero-order valence-corrected chi connectivity index (χ0v) is 20.2. The number of H-pyrrole nitrogens is 1. The standard InChI is InChI=1S/C30H27NO5/c1-34-27-12-5-22(6-13-27)20-36-28-14-9-24(30(19-28)35-2)8-11-26(33)18-25(32)10-4-21-3-7-23-15-16-31-29(23)17-21/h3-17,19,31H,18,20H2,1-2H3/b10-4+,11-8+. The van der Waals surface area contributed by atoms with Gasteiger partial charge in [-0.2, -0.15) is 0 Å². The summed E-state index contributed by atoms with van der Waals surface area (Å²) in [4.78, 5) is 27.7. The maximum Gasteiger partial charge on any atom is 0.163 e. The van der Waals surface area contributed by atoms with Gasteiger partial charge >= 0.3 is 0 Å². The smallest absolute Gasteiger partial charge is 0.163 e. The molecule has 0 aliphatic rings. The number of hydrogen-bond acceptors (Lipinski definition) is 5. The van der Waals surface area contributed by atoms with Gasteiger partial charge in [0, 0.05) is 23.3 Å². The molecule has 0 saturated carbocycles. The lowest BCUT2D eigenvalue weighted by molar-refractivity contribution is -0.121. The van der Waals surface area contributed by atoms with Gasteiger partial charge in [-0.25, -0.2) is 0 Å². The number of ether oxygens (including phenoxy) is 3. The first kappa shape index (κ1) is 24.5. The highest BCUT2D eigenvalue weighted by Crippen LogP contribution is 2.27. The van der Waals surface area contributed by atoms with Gasteiger partial charge in [0.2, 0.25) is 0 Å². The van der Waals surface area contributed by atoms with Crippen molar-refractivity contribution >= 4 is 34.6 Å². The Morgan fingerprint density at radius 2 is 1.56 bits per heavy atom. The molecule has 1 aromatic heterocycles. The molecule has 0 atom stereocenters. The number of nitrogens with one attached hydrogen (secondary N) is 1. The number of fused-ring (bicyclic) bond motifs is 1. The first-order valence-corrected chi connectivity index (χ1v) is 11.5. The van der Waals surface area contributed by atoms with Crippen LogP contribution in [-0.4, -0.2) is 30.8 Å². The summed E-state index contributed by atoms with van der Waals surface area (Å²) < 4.78 is 16.5. The molecule has 0 bridgehead atoms. The minimum Gasteiger partial charge on any atom is -0.497 e. The van der Waals surface area contributed by atoms with Crippen LogP contribution in [0.15, 0.2) is 85.1 Å². The molecule has 0 aliphatic heterocycles. The second-order valence-electron chi connectivity index (χ2n) is 8.14. The summed E-state index contributed by atoms with van der Waals surface area (Å²) in [7, 11) is 3.18. The fourth-order valence-electron chi connectivity index (χ4n) is 3.64. The summed E-state index contributed by atoms with van der Waals surface area (Å²) in [5.41, 5.74) is 3.60. The molecule has 0 saturated heterocycles. The molecule has 0 fully saturated rings. The van der Waals surface area contributed by atoms with Crippen molar-refractivity contribution in [1.29, 1.82) is 0 Å². The van der Waals surface area contributed by atoms with E-state index in [1.54, 1.807) is 32.4 Å². The number of carbonyl (C=O) groups excluding carboxylic acids is 2. The predicted molar refractivity (Wildman–Crippen MR) is 141 cm³/mol. The second-order valence-corrected chi connectivity index (χ2v) is 8.14. The van der Waals surface area contributed by atoms with E-state index >= 15 is 0 Å². The number of rotatable bonds is 11. The minimum absolute atomic E-state index is 0.205. The fraction of sp³-hybridized carbons (Fsp3) is 0.133. The third-order valence-corrected chi connectivity index (χ3v) is 5.61. The van der Waals surface area contributed by atoms with E-state index in [4.69, 9.17) is 14.2 Å². The summed E-state index contributed by atoms with van der Waals surface area (Å²) in [6.07, 6.45) is 7.85. The van der Waals surface area contributed by atoms with Crippen LogP contribution in [0.5, 0.6) is 17.2 Å². The maximum atomic E-state index is 12.3. The monoisotopic (exact) mass is 481 g/mol. The zero-order valence-electron chi connectivity index (χ0n) is 20.2. The Morgan fingerprint density at radius 3 is 2.31 bits per heavy atom. The quantitative estimate of drug-likeness (QED) is 0.209. The molecule has 3 aromatic carbocycles. The van der Waals surface area contributed by atoms with Gasteiger partial charge in [0.15, 0.2) is 11.6 Å². The lowest BCUT2D eigenvalue weighted by Crippen LogP contribution is -2.02. The van der Waals surface area contributed by atoms with Crippen LogP contribution in [0, 0.1) is 0 Å². The molecule has 1 N–H and O–H groups in total. The van der Waals surface area contributed by atoms with Crippen molar-refractivity contribution in [3.8, 4) is 17.2 Å². The number of carbonyl (C=O) groups is 2. The van der Waals surface area contributed by atoms with Gasteiger partial charge in [0.1, 0.15) is 23.9 Å². The zero-order chi connectivity index (χ0) is 25.3. The van der Waals surface area contributed by atoms with Crippen molar-refractivity contribution in [2.45, 2.75) is 13.0 Å². The van der Waals surface area contributed by atoms with Crippen molar-refractivity contribution in [3.05, 3.63) is 102 Å². The Labute approximate surface area is 209 Å². The summed E-state index contributed by atoms with van der Waals surface area (Å²) in [5, 5.41) is 1.10. The highest BCUT2D eigenvalue weighted by molar-refractivity contribution is 6.11. The molecule has 0 aliphatic carbocycles.